The first-order valence-electron chi connectivity index (χ1n) is 12.4. The monoisotopic (exact) mass is 736 g/mol. The molecular formula is C28H16Cl5F7N2O3. The van der Waals surface area contributed by atoms with Crippen molar-refractivity contribution in [2.75, 3.05) is 17.3 Å². The molecule has 2 amide bonds. The third-order valence-electron chi connectivity index (χ3n) is 6.94. The summed E-state index contributed by atoms with van der Waals surface area (Å²) < 4.78 is 93.2. The molecule has 0 heterocycles. The molecule has 1 fully saturated rings. The van der Waals surface area contributed by atoms with Crippen molar-refractivity contribution in [2.45, 2.75) is 28.8 Å². The summed E-state index contributed by atoms with van der Waals surface area (Å²) in [6.45, 7) is 0. The summed E-state index contributed by atoms with van der Waals surface area (Å²) in [6, 6.07) is 9.52. The molecule has 2 atom stereocenters. The molecule has 1 aliphatic carbocycles. The zero-order valence-corrected chi connectivity index (χ0v) is 26.0. The van der Waals surface area contributed by atoms with Crippen LogP contribution in [0.2, 0.25) is 15.1 Å². The largest absolute Gasteiger partial charge is 0.463 e. The maximum Gasteiger partial charge on any atom is 0.463 e. The van der Waals surface area contributed by atoms with Crippen molar-refractivity contribution in [3.8, 4) is 0 Å². The minimum Gasteiger partial charge on any atom is -0.326 e. The Kier molecular flexibility index (Phi) is 9.70. The SMILES string of the molecule is CN(C(=O)C(F)(F)C(F)(F)F)c1c(F)ccc(CC(=O)c2cc(NC(=O)[C@H]3[C@H](c4ccc(Cl)c(Cl)c4)C3(Cl)Cl)ccc2Cl)c1F. The number of hydrogen-bond donors (Lipinski definition) is 1. The van der Waals surface area contributed by atoms with Gasteiger partial charge in [-0.2, -0.15) is 22.0 Å². The molecule has 17 heteroatoms. The number of halogens is 12. The molecule has 0 aromatic heterocycles. The van der Waals surface area contributed by atoms with E-state index in [0.717, 1.165) is 12.1 Å². The minimum absolute atomic E-state index is 0.0386. The van der Waals surface area contributed by atoms with Crippen LogP contribution in [0.3, 0.4) is 0 Å². The summed E-state index contributed by atoms with van der Waals surface area (Å²) in [4.78, 5) is 37.5. The molecule has 1 aliphatic rings. The summed E-state index contributed by atoms with van der Waals surface area (Å²) >= 11 is 30.8. The number of nitrogens with zero attached hydrogens (tertiary/aromatic N) is 1. The molecule has 0 spiro atoms. The second kappa shape index (κ2) is 12.4. The van der Waals surface area contributed by atoms with E-state index in [2.05, 4.69) is 5.32 Å². The number of hydrogen-bond acceptors (Lipinski definition) is 3. The van der Waals surface area contributed by atoms with E-state index in [1.807, 2.05) is 0 Å². The minimum atomic E-state index is -6.34. The predicted octanol–water partition coefficient (Wildman–Crippen LogP) is 9.04. The van der Waals surface area contributed by atoms with Crippen LogP contribution in [-0.2, 0) is 16.0 Å². The van der Waals surface area contributed by atoms with Gasteiger partial charge in [-0.1, -0.05) is 46.9 Å². The van der Waals surface area contributed by atoms with Crippen molar-refractivity contribution in [1.82, 2.24) is 0 Å². The second-order valence-corrected chi connectivity index (χ2v) is 12.6. The molecule has 4 rings (SSSR count). The number of carbonyl (C=O) groups is 3. The van der Waals surface area contributed by atoms with Gasteiger partial charge in [0.15, 0.2) is 11.6 Å². The Labute approximate surface area is 275 Å². The van der Waals surface area contributed by atoms with Crippen molar-refractivity contribution >= 4 is 87.0 Å². The highest BCUT2D eigenvalue weighted by atomic mass is 35.5. The number of ketones is 1. The lowest BCUT2D eigenvalue weighted by Gasteiger charge is -2.26. The quantitative estimate of drug-likeness (QED) is 0.143. The summed E-state index contributed by atoms with van der Waals surface area (Å²) in [7, 11) is 0.320. The first-order chi connectivity index (χ1) is 20.7. The van der Waals surface area contributed by atoms with Gasteiger partial charge in [0.1, 0.15) is 15.8 Å². The van der Waals surface area contributed by atoms with Gasteiger partial charge in [0, 0.05) is 30.6 Å². The van der Waals surface area contributed by atoms with E-state index in [4.69, 9.17) is 58.0 Å². The number of rotatable bonds is 8. The molecule has 240 valence electrons. The van der Waals surface area contributed by atoms with Crippen LogP contribution < -0.4 is 10.2 Å². The lowest BCUT2D eigenvalue weighted by molar-refractivity contribution is -0.268. The van der Waals surface area contributed by atoms with Gasteiger partial charge < -0.3 is 10.2 Å². The summed E-state index contributed by atoms with van der Waals surface area (Å²) in [5, 5.41) is 2.87. The van der Waals surface area contributed by atoms with Gasteiger partial charge in [0.25, 0.3) is 0 Å². The molecule has 1 saturated carbocycles. The van der Waals surface area contributed by atoms with Crippen LogP contribution in [0.25, 0.3) is 0 Å². The maximum absolute atomic E-state index is 15.2. The van der Waals surface area contributed by atoms with Crippen molar-refractivity contribution < 1.29 is 45.1 Å². The van der Waals surface area contributed by atoms with E-state index in [9.17, 15) is 40.7 Å². The Morgan fingerprint density at radius 2 is 1.51 bits per heavy atom. The number of nitrogens with one attached hydrogen (secondary N) is 1. The highest BCUT2D eigenvalue weighted by molar-refractivity contribution is 6.53. The number of carbonyl (C=O) groups excluding carboxylic acids is 3. The van der Waals surface area contributed by atoms with Gasteiger partial charge in [-0.05, 0) is 47.5 Å². The molecule has 5 nitrogen and oxygen atoms in total. The Balaban J connectivity index is 1.55. The van der Waals surface area contributed by atoms with E-state index in [0.29, 0.717) is 18.7 Å². The molecule has 45 heavy (non-hydrogen) atoms. The van der Waals surface area contributed by atoms with Crippen molar-refractivity contribution in [3.05, 3.63) is 91.9 Å². The van der Waals surface area contributed by atoms with Gasteiger partial charge in [-0.15, -0.1) is 23.2 Å². The van der Waals surface area contributed by atoms with Gasteiger partial charge in [-0.25, -0.2) is 8.78 Å². The lowest BCUT2D eigenvalue weighted by atomic mass is 10.0. The Morgan fingerprint density at radius 1 is 0.889 bits per heavy atom. The molecule has 0 saturated heterocycles. The molecule has 1 N–H and O–H groups in total. The summed E-state index contributed by atoms with van der Waals surface area (Å²) in [5.74, 6) is -15.5. The van der Waals surface area contributed by atoms with Crippen LogP contribution in [-0.4, -0.2) is 41.1 Å². The van der Waals surface area contributed by atoms with E-state index < -0.39 is 80.1 Å². The molecule has 3 aromatic carbocycles. The Morgan fingerprint density at radius 3 is 2.11 bits per heavy atom. The average Bonchev–Trinajstić information content (AvgIpc) is 3.53. The molecular weight excluding hydrogens is 723 g/mol. The first-order valence-corrected chi connectivity index (χ1v) is 14.2. The van der Waals surface area contributed by atoms with E-state index >= 15 is 4.39 Å². The Hall–Kier alpha value is -2.77. The fourth-order valence-electron chi connectivity index (χ4n) is 4.54. The fraction of sp³-hybridized carbons (Fsp3) is 0.250. The predicted molar refractivity (Wildman–Crippen MR) is 156 cm³/mol. The summed E-state index contributed by atoms with van der Waals surface area (Å²) in [5.41, 5.74) is -1.89. The molecule has 0 unspecified atom stereocenters. The molecule has 0 radical (unpaired) electrons. The topological polar surface area (TPSA) is 66.5 Å². The van der Waals surface area contributed by atoms with Crippen LogP contribution in [0.5, 0.6) is 0 Å². The van der Waals surface area contributed by atoms with Gasteiger partial charge in [0.05, 0.1) is 21.0 Å². The van der Waals surface area contributed by atoms with Crippen LogP contribution in [0.1, 0.15) is 27.4 Å². The van der Waals surface area contributed by atoms with Gasteiger partial charge in [0.2, 0.25) is 5.91 Å². The molecule has 0 bridgehead atoms. The zero-order valence-electron chi connectivity index (χ0n) is 22.2. The average molecular weight is 739 g/mol. The highest BCUT2D eigenvalue weighted by Crippen LogP contribution is 2.65. The molecule has 0 aliphatic heterocycles. The van der Waals surface area contributed by atoms with Crippen LogP contribution in [0.4, 0.5) is 42.1 Å². The number of Topliss-reactive ketones (excluding diaryl/α,β-unsaturated/α-hetero) is 1. The van der Waals surface area contributed by atoms with E-state index in [-0.39, 0.29) is 26.3 Å². The fourth-order valence-corrected chi connectivity index (χ4v) is 5.90. The van der Waals surface area contributed by atoms with Gasteiger partial charge >= 0.3 is 18.0 Å². The van der Waals surface area contributed by atoms with Crippen molar-refractivity contribution in [1.29, 1.82) is 0 Å². The van der Waals surface area contributed by atoms with Crippen molar-refractivity contribution in [2.24, 2.45) is 5.92 Å². The second-order valence-electron chi connectivity index (χ2n) is 9.89. The zero-order chi connectivity index (χ0) is 33.8. The third-order valence-corrected chi connectivity index (χ3v) is 8.94. The van der Waals surface area contributed by atoms with Crippen LogP contribution in [0, 0.1) is 17.6 Å². The number of alkyl halides is 7. The lowest BCUT2D eigenvalue weighted by Crippen LogP contribution is -2.51. The molecule has 3 aromatic rings. The number of amides is 2. The normalized spacial score (nSPS) is 17.5. The maximum atomic E-state index is 15.2. The summed E-state index contributed by atoms with van der Waals surface area (Å²) in [6.07, 6.45) is -7.24. The van der Waals surface area contributed by atoms with E-state index in [1.54, 1.807) is 6.07 Å². The number of anilines is 2. The first kappa shape index (κ1) is 35.1. The van der Waals surface area contributed by atoms with Crippen LogP contribution in [0.15, 0.2) is 48.5 Å². The highest BCUT2D eigenvalue weighted by Gasteiger charge is 2.68. The van der Waals surface area contributed by atoms with E-state index in [1.165, 1.54) is 24.3 Å². The van der Waals surface area contributed by atoms with Crippen molar-refractivity contribution in [3.63, 3.8) is 0 Å². The van der Waals surface area contributed by atoms with Crippen LogP contribution >= 0.6 is 58.0 Å². The standard InChI is InChI=1S/C28H16Cl5F7N2O3/c1-42(25(45)27(36,37)28(38,39)40)23-18(34)7-3-12(22(23)35)9-19(43)14-10-13(4-6-15(14)29)41-24(44)21-20(26(21,32)33)11-2-5-16(30)17(31)8-11/h2-8,10,20-21H,9H2,1H3,(H,41,44)/t20-,21+/m0/s1. The van der Waals surface area contributed by atoms with Gasteiger partial charge in [-0.3, -0.25) is 14.4 Å². The number of benzene rings is 3. The third kappa shape index (κ3) is 6.71. The Bertz CT molecular complexity index is 1720. The smallest absolute Gasteiger partial charge is 0.326 e.